The summed E-state index contributed by atoms with van der Waals surface area (Å²) in [7, 11) is 2.14. The monoisotopic (exact) mass is 479 g/mol. The number of nitrogens with one attached hydrogen (secondary N) is 1. The molecule has 2 unspecified atom stereocenters. The van der Waals surface area contributed by atoms with E-state index in [0.29, 0.717) is 43.0 Å². The van der Waals surface area contributed by atoms with Crippen LogP contribution in [0.4, 0.5) is 11.5 Å². The van der Waals surface area contributed by atoms with Crippen LogP contribution in [0.15, 0.2) is 36.5 Å². The predicted molar refractivity (Wildman–Crippen MR) is 137 cm³/mol. The van der Waals surface area contributed by atoms with E-state index in [2.05, 4.69) is 29.2 Å². The van der Waals surface area contributed by atoms with E-state index < -0.39 is 11.8 Å². The minimum Gasteiger partial charge on any atom is -0.492 e. The van der Waals surface area contributed by atoms with Crippen molar-refractivity contribution in [3.8, 4) is 5.75 Å². The standard InChI is InChI=1S/C27H37N5O3/c1-4-19-13-21(15-29-25(19)28)30-26(33)27(34)32-16-18(2)10-11-24(32)20-7-5-9-23(14-20)35-17-22-8-6-12-31(22)3/h5,7,9,13-15,18,22,24H,4,6,8,10-12,16-17H2,1-3H3,(H2,28,29)(H,30,33)/t18-,22?,24?/m0/s1. The zero-order valence-electron chi connectivity index (χ0n) is 21.0. The van der Waals surface area contributed by atoms with E-state index in [1.165, 1.54) is 12.6 Å². The number of pyridine rings is 1. The number of likely N-dealkylation sites (N-methyl/N-ethyl adjacent to an activating group) is 1. The summed E-state index contributed by atoms with van der Waals surface area (Å²) in [5.41, 5.74) is 8.18. The van der Waals surface area contributed by atoms with Gasteiger partial charge in [-0.1, -0.05) is 26.0 Å². The van der Waals surface area contributed by atoms with E-state index in [1.807, 2.05) is 31.2 Å². The van der Waals surface area contributed by atoms with Gasteiger partial charge in [0.05, 0.1) is 17.9 Å². The number of hydrogen-bond donors (Lipinski definition) is 2. The van der Waals surface area contributed by atoms with Gasteiger partial charge in [-0.3, -0.25) is 9.59 Å². The fourth-order valence-corrected chi connectivity index (χ4v) is 5.10. The van der Waals surface area contributed by atoms with Crippen molar-refractivity contribution in [2.45, 2.75) is 58.0 Å². The van der Waals surface area contributed by atoms with Gasteiger partial charge in [-0.25, -0.2) is 4.98 Å². The molecule has 2 aromatic rings. The predicted octanol–water partition coefficient (Wildman–Crippen LogP) is 3.64. The van der Waals surface area contributed by atoms with E-state index >= 15 is 0 Å². The van der Waals surface area contributed by atoms with Crippen molar-refractivity contribution in [1.82, 2.24) is 14.8 Å². The number of aromatic nitrogens is 1. The van der Waals surface area contributed by atoms with Crippen LogP contribution in [0.25, 0.3) is 0 Å². The summed E-state index contributed by atoms with van der Waals surface area (Å²) in [5, 5.41) is 2.72. The van der Waals surface area contributed by atoms with Crippen molar-refractivity contribution >= 4 is 23.3 Å². The number of hydrogen-bond acceptors (Lipinski definition) is 6. The van der Waals surface area contributed by atoms with Gasteiger partial charge in [-0.15, -0.1) is 0 Å². The molecule has 0 saturated carbocycles. The second kappa shape index (κ2) is 11.1. The molecule has 2 amide bonds. The first-order valence-corrected chi connectivity index (χ1v) is 12.6. The van der Waals surface area contributed by atoms with Crippen LogP contribution in [0.3, 0.4) is 0 Å². The molecule has 2 saturated heterocycles. The van der Waals surface area contributed by atoms with Gasteiger partial charge < -0.3 is 25.6 Å². The van der Waals surface area contributed by atoms with Crippen LogP contribution in [0, 0.1) is 5.92 Å². The Morgan fingerprint density at radius 3 is 2.80 bits per heavy atom. The van der Waals surface area contributed by atoms with Gasteiger partial charge in [-0.2, -0.15) is 0 Å². The Bertz CT molecular complexity index is 1060. The summed E-state index contributed by atoms with van der Waals surface area (Å²) in [6.45, 7) is 6.38. The van der Waals surface area contributed by atoms with Crippen molar-refractivity contribution in [2.24, 2.45) is 5.92 Å². The molecule has 3 N–H and O–H groups in total. The second-order valence-corrected chi connectivity index (χ2v) is 9.89. The number of ether oxygens (including phenoxy) is 1. The third kappa shape index (κ3) is 5.93. The maximum absolute atomic E-state index is 13.3. The van der Waals surface area contributed by atoms with Crippen molar-refractivity contribution in [3.05, 3.63) is 47.7 Å². The first kappa shape index (κ1) is 25.0. The molecule has 2 fully saturated rings. The smallest absolute Gasteiger partial charge is 0.313 e. The number of nitrogen functional groups attached to an aromatic ring is 1. The Morgan fingerprint density at radius 2 is 2.06 bits per heavy atom. The second-order valence-electron chi connectivity index (χ2n) is 9.89. The molecule has 2 aliphatic heterocycles. The Labute approximate surface area is 207 Å². The first-order valence-electron chi connectivity index (χ1n) is 12.6. The number of amides is 2. The van der Waals surface area contributed by atoms with Crippen molar-refractivity contribution in [3.63, 3.8) is 0 Å². The molecule has 3 heterocycles. The molecule has 3 atom stereocenters. The van der Waals surface area contributed by atoms with Gasteiger partial charge in [0, 0.05) is 12.6 Å². The topological polar surface area (TPSA) is 101 Å². The number of anilines is 2. The average molecular weight is 480 g/mol. The Hall–Kier alpha value is -3.13. The lowest BCUT2D eigenvalue weighted by Crippen LogP contribution is -2.46. The van der Waals surface area contributed by atoms with E-state index in [1.54, 1.807) is 11.0 Å². The largest absolute Gasteiger partial charge is 0.492 e. The minimum atomic E-state index is -0.658. The molecule has 0 spiro atoms. The number of carbonyl (C=O) groups excluding carboxylic acids is 2. The molecule has 1 aromatic heterocycles. The molecular formula is C27H37N5O3. The summed E-state index contributed by atoms with van der Waals surface area (Å²) in [6.07, 6.45) is 6.33. The zero-order valence-corrected chi connectivity index (χ0v) is 21.0. The highest BCUT2D eigenvalue weighted by Gasteiger charge is 2.34. The van der Waals surface area contributed by atoms with E-state index in [0.717, 1.165) is 42.7 Å². The molecule has 0 bridgehead atoms. The number of rotatable bonds is 6. The molecule has 188 valence electrons. The van der Waals surface area contributed by atoms with Crippen LogP contribution in [0.1, 0.15) is 56.7 Å². The number of likely N-dealkylation sites (tertiary alicyclic amines) is 2. The van der Waals surface area contributed by atoms with E-state index in [4.69, 9.17) is 10.5 Å². The molecule has 4 rings (SSSR count). The lowest BCUT2D eigenvalue weighted by atomic mass is 9.89. The summed E-state index contributed by atoms with van der Waals surface area (Å²) in [4.78, 5) is 34.4. The summed E-state index contributed by atoms with van der Waals surface area (Å²) in [5.74, 6) is 0.372. The first-order chi connectivity index (χ1) is 16.9. The van der Waals surface area contributed by atoms with E-state index in [9.17, 15) is 9.59 Å². The van der Waals surface area contributed by atoms with Gasteiger partial charge in [0.1, 0.15) is 18.2 Å². The van der Waals surface area contributed by atoms with Crippen molar-refractivity contribution < 1.29 is 14.3 Å². The molecule has 2 aliphatic rings. The molecule has 8 nitrogen and oxygen atoms in total. The highest BCUT2D eigenvalue weighted by molar-refractivity contribution is 6.39. The van der Waals surface area contributed by atoms with Crippen LogP contribution in [-0.2, 0) is 16.0 Å². The summed E-state index contributed by atoms with van der Waals surface area (Å²) >= 11 is 0. The summed E-state index contributed by atoms with van der Waals surface area (Å²) < 4.78 is 6.13. The SMILES string of the molecule is CCc1cc(NC(=O)C(=O)N2C[C@@H](C)CCC2c2cccc(OCC3CCCN3C)c2)cnc1N. The van der Waals surface area contributed by atoms with Crippen LogP contribution in [-0.4, -0.2) is 59.4 Å². The maximum Gasteiger partial charge on any atom is 0.313 e. The van der Waals surface area contributed by atoms with Crippen LogP contribution >= 0.6 is 0 Å². The number of nitrogens with zero attached hydrogens (tertiary/aromatic N) is 3. The number of carbonyl (C=O) groups is 2. The average Bonchev–Trinajstić information content (AvgIpc) is 3.28. The lowest BCUT2D eigenvalue weighted by molar-refractivity contribution is -0.146. The molecule has 1 aromatic carbocycles. The van der Waals surface area contributed by atoms with Crippen molar-refractivity contribution in [1.29, 1.82) is 0 Å². The highest BCUT2D eigenvalue weighted by Crippen LogP contribution is 2.35. The highest BCUT2D eigenvalue weighted by atomic mass is 16.5. The van der Waals surface area contributed by atoms with Gasteiger partial charge in [0.25, 0.3) is 0 Å². The zero-order chi connectivity index (χ0) is 24.9. The normalized spacial score (nSPS) is 22.7. The van der Waals surface area contributed by atoms with Crippen LogP contribution in [0.2, 0.25) is 0 Å². The third-order valence-electron chi connectivity index (χ3n) is 7.27. The number of benzene rings is 1. The van der Waals surface area contributed by atoms with Crippen LogP contribution in [0.5, 0.6) is 5.75 Å². The fraction of sp³-hybridized carbons (Fsp3) is 0.519. The van der Waals surface area contributed by atoms with Gasteiger partial charge in [0.2, 0.25) is 0 Å². The Morgan fingerprint density at radius 1 is 1.23 bits per heavy atom. The fourth-order valence-electron chi connectivity index (χ4n) is 5.10. The maximum atomic E-state index is 13.3. The van der Waals surface area contributed by atoms with Crippen LogP contribution < -0.4 is 15.8 Å². The molecular weight excluding hydrogens is 442 g/mol. The third-order valence-corrected chi connectivity index (χ3v) is 7.27. The Kier molecular flexibility index (Phi) is 7.90. The molecule has 0 aliphatic carbocycles. The van der Waals surface area contributed by atoms with Gasteiger partial charge >= 0.3 is 11.8 Å². The minimum absolute atomic E-state index is 0.169. The summed E-state index contributed by atoms with van der Waals surface area (Å²) in [6, 6.07) is 10.0. The number of nitrogens with two attached hydrogens (primary N) is 1. The number of piperidine rings is 1. The lowest BCUT2D eigenvalue weighted by Gasteiger charge is -2.38. The number of aryl methyl sites for hydroxylation is 1. The van der Waals surface area contributed by atoms with Gasteiger partial charge in [-0.05, 0) is 80.9 Å². The molecule has 8 heteroatoms. The molecule has 0 radical (unpaired) electrons. The van der Waals surface area contributed by atoms with E-state index in [-0.39, 0.29) is 6.04 Å². The van der Waals surface area contributed by atoms with Crippen molar-refractivity contribution in [2.75, 3.05) is 37.8 Å². The molecule has 35 heavy (non-hydrogen) atoms. The Balaban J connectivity index is 1.47. The van der Waals surface area contributed by atoms with Gasteiger partial charge in [0.15, 0.2) is 0 Å². The quantitative estimate of drug-likeness (QED) is 0.614.